The van der Waals surface area contributed by atoms with Crippen molar-refractivity contribution in [2.24, 2.45) is 0 Å². The van der Waals surface area contributed by atoms with E-state index in [1.165, 1.54) is 154 Å². The number of hydrogen-bond acceptors (Lipinski definition) is 8. The highest BCUT2D eigenvalue weighted by Gasteiger charge is 2.21. The molecule has 0 unspecified atom stereocenters. The molecule has 0 saturated carbocycles. The number of hydrogen-bond donors (Lipinski definition) is 2. The van der Waals surface area contributed by atoms with E-state index in [4.69, 9.17) is 23.7 Å². The van der Waals surface area contributed by atoms with E-state index in [1.54, 1.807) is 32.9 Å². The summed E-state index contributed by atoms with van der Waals surface area (Å²) in [5.41, 5.74) is -0.180. The summed E-state index contributed by atoms with van der Waals surface area (Å²) in [6, 6.07) is 3.18. The van der Waals surface area contributed by atoms with E-state index >= 15 is 0 Å². The lowest BCUT2D eigenvalue weighted by Crippen LogP contribution is -2.40. The number of carbonyl (C=O) groups excluding carboxylic acids is 3. The molecule has 384 valence electrons. The number of amides is 2. The maximum absolute atomic E-state index is 13.6. The molecule has 10 heteroatoms. The molecule has 0 bridgehead atoms. The first kappa shape index (κ1) is 60.8. The monoisotopic (exact) mass is 931 g/mol. The lowest BCUT2D eigenvalue weighted by Gasteiger charge is -2.19. The van der Waals surface area contributed by atoms with Crippen LogP contribution < -0.4 is 24.8 Å². The highest BCUT2D eigenvalue weighted by molar-refractivity contribution is 5.91. The van der Waals surface area contributed by atoms with Crippen molar-refractivity contribution in [2.75, 3.05) is 39.5 Å². The van der Waals surface area contributed by atoms with Gasteiger partial charge in [0.05, 0.1) is 32.0 Å². The fourth-order valence-corrected chi connectivity index (χ4v) is 7.98. The summed E-state index contributed by atoms with van der Waals surface area (Å²) in [6.45, 7) is 14.5. The standard InChI is InChI=1S/C56H102N2O8/c1-7-10-13-16-19-22-25-28-32-37-42-62-50-46-49(54(60)65-45-40-35-31-36-41-57-55(61)58-48-52(59)66-56(4,5)6)47-51(63-43-38-33-29-26-23-20-17-14-11-8-2)53(50)64-44-39-34-30-27-24-21-18-15-12-9-3/h46-47H,7-45,48H2,1-6H3,(H2,57,58,61). The Labute approximate surface area is 405 Å². The average molecular weight is 931 g/mol. The fraction of sp³-hybridized carbons (Fsp3) is 0.839. The Bertz CT molecular complexity index is 1270. The third kappa shape index (κ3) is 36.9. The molecule has 0 atom stereocenters. The normalized spacial score (nSPS) is 11.4. The van der Waals surface area contributed by atoms with Crippen molar-refractivity contribution in [1.82, 2.24) is 10.6 Å². The zero-order chi connectivity index (χ0) is 48.2. The number of esters is 2. The molecular weight excluding hydrogens is 829 g/mol. The van der Waals surface area contributed by atoms with Crippen molar-refractivity contribution in [1.29, 1.82) is 0 Å². The van der Waals surface area contributed by atoms with Crippen LogP contribution >= 0.6 is 0 Å². The Morgan fingerprint density at radius 2 is 0.788 bits per heavy atom. The van der Waals surface area contributed by atoms with Gasteiger partial charge in [-0.05, 0) is 71.4 Å². The zero-order valence-corrected chi connectivity index (χ0v) is 43.7. The summed E-state index contributed by atoms with van der Waals surface area (Å²) in [6.07, 6.45) is 40.8. The van der Waals surface area contributed by atoms with Crippen LogP contribution in [0.15, 0.2) is 12.1 Å². The number of benzene rings is 1. The molecule has 1 rings (SSSR count). The Hall–Kier alpha value is -3.17. The van der Waals surface area contributed by atoms with Crippen LogP contribution in [0.5, 0.6) is 17.2 Å². The first-order chi connectivity index (χ1) is 32.1. The number of nitrogens with one attached hydrogen (secondary N) is 2. The maximum atomic E-state index is 13.6. The van der Waals surface area contributed by atoms with E-state index in [0.29, 0.717) is 62.2 Å². The van der Waals surface area contributed by atoms with Gasteiger partial charge in [0.2, 0.25) is 5.75 Å². The van der Waals surface area contributed by atoms with Gasteiger partial charge in [0.1, 0.15) is 12.1 Å². The van der Waals surface area contributed by atoms with Gasteiger partial charge < -0.3 is 34.3 Å². The van der Waals surface area contributed by atoms with Crippen molar-refractivity contribution < 1.29 is 38.1 Å². The second kappa shape index (κ2) is 43.1. The van der Waals surface area contributed by atoms with Crippen molar-refractivity contribution >= 4 is 18.0 Å². The van der Waals surface area contributed by atoms with Crippen LogP contribution in [-0.2, 0) is 14.3 Å². The van der Waals surface area contributed by atoms with Gasteiger partial charge in [-0.3, -0.25) is 4.79 Å². The number of carbonyl (C=O) groups is 3. The summed E-state index contributed by atoms with van der Waals surface area (Å²) in [5, 5.41) is 5.31. The van der Waals surface area contributed by atoms with Gasteiger partial charge in [0.25, 0.3) is 0 Å². The van der Waals surface area contributed by atoms with Crippen LogP contribution in [0.4, 0.5) is 4.79 Å². The molecule has 1 aromatic rings. The molecule has 0 aliphatic heterocycles. The predicted octanol–water partition coefficient (Wildman–Crippen LogP) is 15.9. The number of unbranched alkanes of at least 4 members (excludes halogenated alkanes) is 30. The molecular formula is C56H102N2O8. The highest BCUT2D eigenvalue weighted by atomic mass is 16.6. The van der Waals surface area contributed by atoms with E-state index in [9.17, 15) is 14.4 Å². The van der Waals surface area contributed by atoms with E-state index in [2.05, 4.69) is 31.4 Å². The first-order valence-corrected chi connectivity index (χ1v) is 27.6. The number of urea groups is 1. The van der Waals surface area contributed by atoms with E-state index in [-0.39, 0.29) is 6.54 Å². The predicted molar refractivity (Wildman–Crippen MR) is 274 cm³/mol. The molecule has 1 aromatic carbocycles. The quantitative estimate of drug-likeness (QED) is 0.0490. The van der Waals surface area contributed by atoms with Gasteiger partial charge in [0, 0.05) is 6.54 Å². The summed E-state index contributed by atoms with van der Waals surface area (Å²) >= 11 is 0. The molecule has 0 aliphatic rings. The Morgan fingerprint density at radius 1 is 0.439 bits per heavy atom. The van der Waals surface area contributed by atoms with Crippen molar-refractivity contribution in [3.05, 3.63) is 17.7 Å². The van der Waals surface area contributed by atoms with Crippen LogP contribution in [0, 0.1) is 0 Å². The van der Waals surface area contributed by atoms with Gasteiger partial charge in [0.15, 0.2) is 11.5 Å². The highest BCUT2D eigenvalue weighted by Crippen LogP contribution is 2.40. The molecule has 2 N–H and O–H groups in total. The largest absolute Gasteiger partial charge is 0.490 e. The van der Waals surface area contributed by atoms with Crippen LogP contribution in [0.3, 0.4) is 0 Å². The molecule has 66 heavy (non-hydrogen) atoms. The van der Waals surface area contributed by atoms with Crippen LogP contribution in [0.1, 0.15) is 270 Å². The van der Waals surface area contributed by atoms with E-state index < -0.39 is 23.6 Å². The first-order valence-electron chi connectivity index (χ1n) is 27.6. The summed E-state index contributed by atoms with van der Waals surface area (Å²) in [4.78, 5) is 37.5. The zero-order valence-electron chi connectivity index (χ0n) is 43.7. The minimum atomic E-state index is -0.596. The van der Waals surface area contributed by atoms with Crippen molar-refractivity contribution in [3.63, 3.8) is 0 Å². The lowest BCUT2D eigenvalue weighted by atomic mass is 10.1. The van der Waals surface area contributed by atoms with Gasteiger partial charge in [-0.2, -0.15) is 0 Å². The molecule has 0 aromatic heterocycles. The molecule has 0 aliphatic carbocycles. The van der Waals surface area contributed by atoms with E-state index in [1.807, 2.05) is 0 Å². The minimum absolute atomic E-state index is 0.177. The summed E-state index contributed by atoms with van der Waals surface area (Å²) in [5.74, 6) is 0.861. The third-order valence-electron chi connectivity index (χ3n) is 11.9. The van der Waals surface area contributed by atoms with Crippen molar-refractivity contribution in [3.8, 4) is 17.2 Å². The second-order valence-electron chi connectivity index (χ2n) is 19.6. The Kier molecular flexibility index (Phi) is 39.8. The van der Waals surface area contributed by atoms with E-state index in [0.717, 1.165) is 57.8 Å². The molecule has 0 spiro atoms. The van der Waals surface area contributed by atoms with Gasteiger partial charge >= 0.3 is 18.0 Å². The number of ether oxygens (including phenoxy) is 5. The number of rotatable bonds is 46. The average Bonchev–Trinajstić information content (AvgIpc) is 3.29. The molecule has 10 nitrogen and oxygen atoms in total. The Morgan fingerprint density at radius 3 is 1.18 bits per heavy atom. The maximum Gasteiger partial charge on any atom is 0.338 e. The molecule has 2 amide bonds. The molecule has 0 saturated heterocycles. The summed E-state index contributed by atoms with van der Waals surface area (Å²) < 4.78 is 30.5. The molecule has 0 fully saturated rings. The molecule has 0 heterocycles. The second-order valence-corrected chi connectivity index (χ2v) is 19.6. The van der Waals surface area contributed by atoms with Crippen LogP contribution in [0.2, 0.25) is 0 Å². The van der Waals surface area contributed by atoms with Gasteiger partial charge in [-0.15, -0.1) is 0 Å². The van der Waals surface area contributed by atoms with Crippen LogP contribution in [-0.4, -0.2) is 63.1 Å². The van der Waals surface area contributed by atoms with Crippen LogP contribution in [0.25, 0.3) is 0 Å². The smallest absolute Gasteiger partial charge is 0.338 e. The molecule has 0 radical (unpaired) electrons. The topological polar surface area (TPSA) is 121 Å². The summed E-state index contributed by atoms with van der Waals surface area (Å²) in [7, 11) is 0. The SMILES string of the molecule is CCCCCCCCCCCCOc1cc(C(=O)OCCCCCCNC(=O)NCC(=O)OC(C)(C)C)cc(OCCCCCCCCCCCC)c1OCCCCCCCCCCCC. The van der Waals surface area contributed by atoms with Gasteiger partial charge in [-0.25, -0.2) is 9.59 Å². The lowest BCUT2D eigenvalue weighted by molar-refractivity contribution is -0.153. The van der Waals surface area contributed by atoms with Gasteiger partial charge in [-0.1, -0.05) is 201 Å². The Balaban J connectivity index is 2.86. The van der Waals surface area contributed by atoms with Crippen molar-refractivity contribution in [2.45, 2.75) is 265 Å². The third-order valence-corrected chi connectivity index (χ3v) is 11.9. The fourth-order valence-electron chi connectivity index (χ4n) is 7.98. The minimum Gasteiger partial charge on any atom is -0.490 e.